The lowest BCUT2D eigenvalue weighted by atomic mass is 9.85. The van der Waals surface area contributed by atoms with E-state index in [0.717, 1.165) is 5.56 Å². The maximum atomic E-state index is 11.6. The SMILES string of the molecule is CC(C)(C)OC(=O)NCCC(O)C(O)c1cccc(C(C)(C)C)c1. The van der Waals surface area contributed by atoms with Gasteiger partial charge < -0.3 is 20.3 Å². The summed E-state index contributed by atoms with van der Waals surface area (Å²) in [5.41, 5.74) is 1.18. The Kier molecular flexibility index (Phi) is 6.81. The third-order valence-corrected chi connectivity index (χ3v) is 3.57. The van der Waals surface area contributed by atoms with Crippen LogP contribution >= 0.6 is 0 Å². The van der Waals surface area contributed by atoms with E-state index in [4.69, 9.17) is 4.74 Å². The zero-order valence-electron chi connectivity index (χ0n) is 15.6. The zero-order chi connectivity index (χ0) is 18.5. The molecule has 0 heterocycles. The van der Waals surface area contributed by atoms with Gasteiger partial charge in [-0.2, -0.15) is 0 Å². The number of hydrogen-bond donors (Lipinski definition) is 3. The molecule has 3 N–H and O–H groups in total. The number of carbonyl (C=O) groups is 1. The quantitative estimate of drug-likeness (QED) is 0.770. The topological polar surface area (TPSA) is 78.8 Å². The molecule has 2 atom stereocenters. The first-order valence-electron chi connectivity index (χ1n) is 8.33. The second-order valence-corrected chi connectivity index (χ2v) is 8.10. The molecule has 5 nitrogen and oxygen atoms in total. The van der Waals surface area contributed by atoms with Crippen molar-refractivity contribution in [1.29, 1.82) is 0 Å². The Hall–Kier alpha value is -1.59. The van der Waals surface area contributed by atoms with Gasteiger partial charge in [0, 0.05) is 6.54 Å². The van der Waals surface area contributed by atoms with Crippen molar-refractivity contribution in [1.82, 2.24) is 5.32 Å². The fourth-order valence-corrected chi connectivity index (χ4v) is 2.21. The molecule has 1 amide bonds. The van der Waals surface area contributed by atoms with Crippen LogP contribution in [0.4, 0.5) is 4.79 Å². The van der Waals surface area contributed by atoms with E-state index in [0.29, 0.717) is 5.56 Å². The maximum Gasteiger partial charge on any atom is 0.407 e. The van der Waals surface area contributed by atoms with E-state index in [2.05, 4.69) is 26.1 Å². The summed E-state index contributed by atoms with van der Waals surface area (Å²) in [4.78, 5) is 11.6. The van der Waals surface area contributed by atoms with Gasteiger partial charge in [-0.15, -0.1) is 0 Å². The van der Waals surface area contributed by atoms with E-state index in [-0.39, 0.29) is 18.4 Å². The van der Waals surface area contributed by atoms with Crippen molar-refractivity contribution in [3.05, 3.63) is 35.4 Å². The third-order valence-electron chi connectivity index (χ3n) is 3.57. The lowest BCUT2D eigenvalue weighted by Crippen LogP contribution is -2.34. The van der Waals surface area contributed by atoms with Crippen LogP contribution in [0.1, 0.15) is 65.2 Å². The minimum Gasteiger partial charge on any atom is -0.444 e. The molecule has 5 heteroatoms. The number of aliphatic hydroxyl groups is 2. The highest BCUT2D eigenvalue weighted by Gasteiger charge is 2.22. The first-order valence-corrected chi connectivity index (χ1v) is 8.33. The summed E-state index contributed by atoms with van der Waals surface area (Å²) in [6.45, 7) is 11.9. The largest absolute Gasteiger partial charge is 0.444 e. The second-order valence-electron chi connectivity index (χ2n) is 8.10. The molecular formula is C19H31NO4. The molecule has 0 aliphatic carbocycles. The molecule has 0 spiro atoms. The second kappa shape index (κ2) is 7.99. The van der Waals surface area contributed by atoms with Crippen LogP contribution in [0.5, 0.6) is 0 Å². The average Bonchev–Trinajstić information content (AvgIpc) is 2.43. The number of alkyl carbamates (subject to hydrolysis) is 1. The van der Waals surface area contributed by atoms with Crippen LogP contribution < -0.4 is 5.32 Å². The highest BCUT2D eigenvalue weighted by Crippen LogP contribution is 2.26. The first-order chi connectivity index (χ1) is 10.9. The third kappa shape index (κ3) is 6.89. The molecule has 0 radical (unpaired) electrons. The van der Waals surface area contributed by atoms with E-state index < -0.39 is 23.9 Å². The van der Waals surface area contributed by atoms with Crippen molar-refractivity contribution >= 4 is 6.09 Å². The predicted molar refractivity (Wildman–Crippen MR) is 95.0 cm³/mol. The van der Waals surface area contributed by atoms with Crippen LogP contribution in [0.25, 0.3) is 0 Å². The van der Waals surface area contributed by atoms with Gasteiger partial charge in [0.25, 0.3) is 0 Å². The summed E-state index contributed by atoms with van der Waals surface area (Å²) in [6, 6.07) is 7.59. The number of rotatable bonds is 5. The minimum absolute atomic E-state index is 0.0288. The number of hydrogen-bond acceptors (Lipinski definition) is 4. The average molecular weight is 337 g/mol. The van der Waals surface area contributed by atoms with Crippen molar-refractivity contribution < 1.29 is 19.7 Å². The summed E-state index contributed by atoms with van der Waals surface area (Å²) < 4.78 is 5.12. The van der Waals surface area contributed by atoms with Crippen molar-refractivity contribution in [2.45, 2.75) is 71.2 Å². The van der Waals surface area contributed by atoms with Gasteiger partial charge in [-0.25, -0.2) is 4.79 Å². The summed E-state index contributed by atoms with van der Waals surface area (Å²) in [6.07, 6.45) is -2.25. The molecule has 0 saturated heterocycles. The molecule has 1 aromatic rings. The highest BCUT2D eigenvalue weighted by molar-refractivity contribution is 5.67. The molecule has 0 saturated carbocycles. The molecule has 0 aliphatic rings. The number of aliphatic hydroxyl groups excluding tert-OH is 2. The van der Waals surface area contributed by atoms with Gasteiger partial charge >= 0.3 is 6.09 Å². The Morgan fingerprint density at radius 3 is 2.33 bits per heavy atom. The highest BCUT2D eigenvalue weighted by atomic mass is 16.6. The van der Waals surface area contributed by atoms with Crippen LogP contribution in [0.3, 0.4) is 0 Å². The zero-order valence-corrected chi connectivity index (χ0v) is 15.6. The predicted octanol–water partition coefficient (Wildman–Crippen LogP) is 3.29. The number of ether oxygens (including phenoxy) is 1. The number of benzene rings is 1. The molecule has 1 aromatic carbocycles. The Labute approximate surface area is 145 Å². The molecule has 24 heavy (non-hydrogen) atoms. The van der Waals surface area contributed by atoms with Crippen LogP contribution in [0.2, 0.25) is 0 Å². The molecule has 2 unspecified atom stereocenters. The molecule has 0 aromatic heterocycles. The summed E-state index contributed by atoms with van der Waals surface area (Å²) >= 11 is 0. The van der Waals surface area contributed by atoms with Gasteiger partial charge in [-0.05, 0) is 43.7 Å². The molecular weight excluding hydrogens is 306 g/mol. The fraction of sp³-hybridized carbons (Fsp3) is 0.632. The van der Waals surface area contributed by atoms with Crippen molar-refractivity contribution in [3.8, 4) is 0 Å². The van der Waals surface area contributed by atoms with Crippen molar-refractivity contribution in [2.24, 2.45) is 0 Å². The monoisotopic (exact) mass is 337 g/mol. The smallest absolute Gasteiger partial charge is 0.407 e. The first kappa shape index (κ1) is 20.5. The standard InChI is InChI=1S/C19H31NO4/c1-18(2,3)14-9-7-8-13(12-14)16(22)15(21)10-11-20-17(23)24-19(4,5)6/h7-9,12,15-16,21-22H,10-11H2,1-6H3,(H,20,23). The van der Waals surface area contributed by atoms with Crippen molar-refractivity contribution in [2.75, 3.05) is 6.54 Å². The van der Waals surface area contributed by atoms with Gasteiger partial charge in [0.1, 0.15) is 11.7 Å². The minimum atomic E-state index is -0.993. The Bertz CT molecular complexity index is 543. The number of carbonyl (C=O) groups excluding carboxylic acids is 1. The normalized spacial score (nSPS) is 14.8. The molecule has 1 rings (SSSR count). The summed E-state index contributed by atoms with van der Waals surface area (Å²) in [5, 5.41) is 23.1. The van der Waals surface area contributed by atoms with E-state index in [1.54, 1.807) is 26.8 Å². The number of amides is 1. The van der Waals surface area contributed by atoms with E-state index >= 15 is 0 Å². The van der Waals surface area contributed by atoms with Gasteiger partial charge in [0.2, 0.25) is 0 Å². The molecule has 136 valence electrons. The molecule has 0 fully saturated rings. The summed E-state index contributed by atoms with van der Waals surface area (Å²) in [7, 11) is 0. The van der Waals surface area contributed by atoms with Gasteiger partial charge in [0.05, 0.1) is 6.10 Å². The van der Waals surface area contributed by atoms with Gasteiger partial charge in [-0.3, -0.25) is 0 Å². The Balaban J connectivity index is 2.56. The van der Waals surface area contributed by atoms with E-state index in [9.17, 15) is 15.0 Å². The van der Waals surface area contributed by atoms with Crippen LogP contribution in [-0.4, -0.2) is 34.6 Å². The molecule has 0 aliphatic heterocycles. The van der Waals surface area contributed by atoms with Crippen LogP contribution in [-0.2, 0) is 10.2 Å². The van der Waals surface area contributed by atoms with Gasteiger partial charge in [-0.1, -0.05) is 45.0 Å². The van der Waals surface area contributed by atoms with Crippen LogP contribution in [0.15, 0.2) is 24.3 Å². The fourth-order valence-electron chi connectivity index (χ4n) is 2.21. The molecule has 0 bridgehead atoms. The maximum absolute atomic E-state index is 11.6. The lowest BCUT2D eigenvalue weighted by molar-refractivity contribution is 0.0122. The van der Waals surface area contributed by atoms with Crippen LogP contribution in [0, 0.1) is 0 Å². The van der Waals surface area contributed by atoms with Crippen molar-refractivity contribution in [3.63, 3.8) is 0 Å². The van der Waals surface area contributed by atoms with Gasteiger partial charge in [0.15, 0.2) is 0 Å². The summed E-state index contributed by atoms with van der Waals surface area (Å²) in [5.74, 6) is 0. The lowest BCUT2D eigenvalue weighted by Gasteiger charge is -2.23. The Morgan fingerprint density at radius 1 is 1.17 bits per heavy atom. The van der Waals surface area contributed by atoms with E-state index in [1.165, 1.54) is 0 Å². The number of nitrogens with one attached hydrogen (secondary N) is 1. The van der Waals surface area contributed by atoms with E-state index in [1.807, 2.05) is 18.2 Å². The Morgan fingerprint density at radius 2 is 1.79 bits per heavy atom.